The van der Waals surface area contributed by atoms with Crippen molar-refractivity contribution in [3.63, 3.8) is 0 Å². The zero-order valence-electron chi connectivity index (χ0n) is 11.3. The molecule has 0 spiro atoms. The molecule has 1 amide bonds. The maximum absolute atomic E-state index is 12.6. The average molecular weight is 328 g/mol. The molecule has 19 heavy (non-hydrogen) atoms. The van der Waals surface area contributed by atoms with Crippen LogP contribution in [0.3, 0.4) is 0 Å². The lowest BCUT2D eigenvalue weighted by molar-refractivity contribution is 0.0575. The van der Waals surface area contributed by atoms with Gasteiger partial charge in [0.05, 0.1) is 17.7 Å². The summed E-state index contributed by atoms with van der Waals surface area (Å²) in [4.78, 5) is 18.5. The predicted molar refractivity (Wildman–Crippen MR) is 77.4 cm³/mol. The number of amides is 1. The van der Waals surface area contributed by atoms with E-state index in [1.54, 1.807) is 24.2 Å². The minimum Gasteiger partial charge on any atom is -0.376 e. The van der Waals surface area contributed by atoms with E-state index >= 15 is 0 Å². The van der Waals surface area contributed by atoms with E-state index in [9.17, 15) is 4.79 Å². The fourth-order valence-electron chi connectivity index (χ4n) is 2.37. The number of nitrogens with one attached hydrogen (secondary N) is 1. The van der Waals surface area contributed by atoms with Gasteiger partial charge < -0.3 is 15.0 Å². The van der Waals surface area contributed by atoms with Crippen molar-refractivity contribution in [2.75, 3.05) is 26.0 Å². The van der Waals surface area contributed by atoms with Crippen LogP contribution in [0.4, 0.5) is 5.82 Å². The van der Waals surface area contributed by atoms with Gasteiger partial charge in [0, 0.05) is 31.4 Å². The molecule has 0 aromatic carbocycles. The Balaban J connectivity index is 2.25. The van der Waals surface area contributed by atoms with Crippen LogP contribution >= 0.6 is 15.9 Å². The minimum atomic E-state index is -0.0412. The summed E-state index contributed by atoms with van der Waals surface area (Å²) >= 11 is 3.35. The molecule has 2 unspecified atom stereocenters. The summed E-state index contributed by atoms with van der Waals surface area (Å²) in [5, 5.41) is 2.95. The molecule has 1 aliphatic rings. The second-order valence-electron chi connectivity index (χ2n) is 4.65. The normalized spacial score (nSPS) is 22.3. The van der Waals surface area contributed by atoms with Crippen molar-refractivity contribution >= 4 is 27.7 Å². The average Bonchev–Trinajstić information content (AvgIpc) is 2.83. The zero-order valence-corrected chi connectivity index (χ0v) is 12.9. The number of ether oxygens (including phenoxy) is 1. The Bertz CT molecular complexity index is 481. The molecule has 1 saturated heterocycles. The first-order chi connectivity index (χ1) is 9.04. The van der Waals surface area contributed by atoms with Crippen LogP contribution < -0.4 is 5.32 Å². The minimum absolute atomic E-state index is 0.0412. The van der Waals surface area contributed by atoms with Crippen molar-refractivity contribution in [1.29, 1.82) is 0 Å². The molecule has 1 aromatic heterocycles. The van der Waals surface area contributed by atoms with E-state index < -0.39 is 0 Å². The Morgan fingerprint density at radius 2 is 2.37 bits per heavy atom. The van der Waals surface area contributed by atoms with Crippen LogP contribution in [-0.2, 0) is 4.74 Å². The number of likely N-dealkylation sites (N-methyl/N-ethyl adjacent to an activating group) is 1. The molecule has 1 fully saturated rings. The summed E-state index contributed by atoms with van der Waals surface area (Å²) in [7, 11) is 3.58. The Labute approximate surface area is 121 Å². The highest BCUT2D eigenvalue weighted by Crippen LogP contribution is 2.23. The van der Waals surface area contributed by atoms with Crippen LogP contribution in [0.5, 0.6) is 0 Å². The van der Waals surface area contributed by atoms with Gasteiger partial charge in [0.1, 0.15) is 5.82 Å². The van der Waals surface area contributed by atoms with Gasteiger partial charge in [-0.1, -0.05) is 0 Å². The number of carbonyl (C=O) groups excluding carboxylic acids is 1. The third kappa shape index (κ3) is 2.90. The number of rotatable bonds is 3. The van der Waals surface area contributed by atoms with E-state index in [-0.39, 0.29) is 18.1 Å². The molecule has 0 radical (unpaired) electrons. The first-order valence-electron chi connectivity index (χ1n) is 6.26. The lowest BCUT2D eigenvalue weighted by atomic mass is 10.1. The van der Waals surface area contributed by atoms with Gasteiger partial charge in [0.2, 0.25) is 0 Å². The van der Waals surface area contributed by atoms with Crippen LogP contribution in [-0.4, -0.2) is 48.6 Å². The number of nitrogens with zero attached hydrogens (tertiary/aromatic N) is 2. The van der Waals surface area contributed by atoms with Gasteiger partial charge in [-0.25, -0.2) is 4.98 Å². The molecule has 2 heterocycles. The zero-order chi connectivity index (χ0) is 14.0. The molecule has 1 aliphatic heterocycles. The molecular formula is C13H18BrN3O2. The Morgan fingerprint density at radius 3 is 2.95 bits per heavy atom. The molecular weight excluding hydrogens is 310 g/mol. The van der Waals surface area contributed by atoms with Crippen molar-refractivity contribution in [1.82, 2.24) is 9.88 Å². The molecule has 104 valence electrons. The molecule has 0 aliphatic carbocycles. The van der Waals surface area contributed by atoms with E-state index in [0.717, 1.165) is 10.9 Å². The highest BCUT2D eigenvalue weighted by molar-refractivity contribution is 9.10. The SMILES string of the molecule is CNc1ncc(Br)cc1C(=O)N(C)C1CCOC1C. The van der Waals surface area contributed by atoms with Crippen LogP contribution in [0.15, 0.2) is 16.7 Å². The molecule has 2 rings (SSSR count). The van der Waals surface area contributed by atoms with Crippen molar-refractivity contribution in [3.05, 3.63) is 22.3 Å². The number of carbonyl (C=O) groups is 1. The topological polar surface area (TPSA) is 54.5 Å². The Hall–Kier alpha value is -1.14. The van der Waals surface area contributed by atoms with E-state index in [1.165, 1.54) is 0 Å². The maximum atomic E-state index is 12.6. The lowest BCUT2D eigenvalue weighted by Gasteiger charge is -2.27. The van der Waals surface area contributed by atoms with Gasteiger partial charge in [0.15, 0.2) is 0 Å². The number of halogens is 1. The third-order valence-electron chi connectivity index (χ3n) is 3.48. The predicted octanol–water partition coefficient (Wildman–Crippen LogP) is 2.14. The molecule has 2 atom stereocenters. The van der Waals surface area contributed by atoms with Crippen LogP contribution in [0.1, 0.15) is 23.7 Å². The molecule has 1 aromatic rings. The van der Waals surface area contributed by atoms with Crippen molar-refractivity contribution in [3.8, 4) is 0 Å². The largest absolute Gasteiger partial charge is 0.376 e. The highest BCUT2D eigenvalue weighted by Gasteiger charge is 2.31. The Kier molecular flexibility index (Phi) is 4.42. The van der Waals surface area contributed by atoms with E-state index in [4.69, 9.17) is 4.74 Å². The number of hydrogen-bond acceptors (Lipinski definition) is 4. The van der Waals surface area contributed by atoms with Gasteiger partial charge in [-0.15, -0.1) is 0 Å². The Morgan fingerprint density at radius 1 is 1.63 bits per heavy atom. The molecule has 5 nitrogen and oxygen atoms in total. The van der Waals surface area contributed by atoms with E-state index in [0.29, 0.717) is 18.0 Å². The summed E-state index contributed by atoms with van der Waals surface area (Å²) in [6.45, 7) is 2.71. The molecule has 1 N–H and O–H groups in total. The van der Waals surface area contributed by atoms with Gasteiger partial charge >= 0.3 is 0 Å². The summed E-state index contributed by atoms with van der Waals surface area (Å²) in [5.41, 5.74) is 0.568. The molecule has 0 saturated carbocycles. The van der Waals surface area contributed by atoms with Crippen LogP contribution in [0.25, 0.3) is 0 Å². The fraction of sp³-hybridized carbons (Fsp3) is 0.538. The van der Waals surface area contributed by atoms with Gasteiger partial charge in [-0.2, -0.15) is 0 Å². The van der Waals surface area contributed by atoms with Crippen LogP contribution in [0, 0.1) is 0 Å². The van der Waals surface area contributed by atoms with Crippen LogP contribution in [0.2, 0.25) is 0 Å². The van der Waals surface area contributed by atoms with E-state index in [1.807, 2.05) is 14.0 Å². The van der Waals surface area contributed by atoms with Gasteiger partial charge in [-0.3, -0.25) is 4.79 Å². The second-order valence-corrected chi connectivity index (χ2v) is 5.56. The summed E-state index contributed by atoms with van der Waals surface area (Å²) in [6, 6.07) is 1.91. The third-order valence-corrected chi connectivity index (χ3v) is 3.91. The first-order valence-corrected chi connectivity index (χ1v) is 7.06. The van der Waals surface area contributed by atoms with Gasteiger partial charge in [0.25, 0.3) is 5.91 Å². The fourth-order valence-corrected chi connectivity index (χ4v) is 2.70. The number of pyridine rings is 1. The lowest BCUT2D eigenvalue weighted by Crippen LogP contribution is -2.41. The monoisotopic (exact) mass is 327 g/mol. The van der Waals surface area contributed by atoms with Crippen molar-refractivity contribution in [2.24, 2.45) is 0 Å². The standard InChI is InChI=1S/C13H18BrN3O2/c1-8-11(4-5-19-8)17(3)13(18)10-6-9(14)7-16-12(10)15-2/h6-8,11H,4-5H2,1-3H3,(H,15,16). The van der Waals surface area contributed by atoms with Crippen molar-refractivity contribution < 1.29 is 9.53 Å². The highest BCUT2D eigenvalue weighted by atomic mass is 79.9. The summed E-state index contributed by atoms with van der Waals surface area (Å²) in [6.07, 6.45) is 2.62. The number of hydrogen-bond donors (Lipinski definition) is 1. The van der Waals surface area contributed by atoms with Crippen molar-refractivity contribution in [2.45, 2.75) is 25.5 Å². The van der Waals surface area contributed by atoms with Gasteiger partial charge in [-0.05, 0) is 35.3 Å². The summed E-state index contributed by atoms with van der Waals surface area (Å²) in [5.74, 6) is 0.548. The summed E-state index contributed by atoms with van der Waals surface area (Å²) < 4.78 is 6.31. The number of anilines is 1. The second kappa shape index (κ2) is 5.88. The number of aromatic nitrogens is 1. The first kappa shape index (κ1) is 14.3. The van der Waals surface area contributed by atoms with E-state index in [2.05, 4.69) is 26.2 Å². The quantitative estimate of drug-likeness (QED) is 0.924. The maximum Gasteiger partial charge on any atom is 0.257 e. The molecule has 6 heteroatoms. The smallest absolute Gasteiger partial charge is 0.257 e. The molecule has 0 bridgehead atoms.